The van der Waals surface area contributed by atoms with Crippen molar-refractivity contribution in [3.8, 4) is 11.5 Å². The lowest BCUT2D eigenvalue weighted by Gasteiger charge is -2.22. The Morgan fingerprint density at radius 2 is 1.76 bits per heavy atom. The molecule has 114 valence electrons. The Hall–Kier alpha value is -2.44. The van der Waals surface area contributed by atoms with Crippen molar-refractivity contribution in [2.24, 2.45) is 0 Å². The first kappa shape index (κ1) is 15.0. The van der Waals surface area contributed by atoms with Crippen LogP contribution in [0.4, 0.5) is 10.5 Å². The smallest absolute Gasteiger partial charge is 0.412 e. The molecule has 2 rings (SSSR count). The normalized spacial score (nSPS) is 13.5. The first-order chi connectivity index (χ1) is 9.76. The van der Waals surface area contributed by atoms with Gasteiger partial charge in [0.05, 0.1) is 11.3 Å². The van der Waals surface area contributed by atoms with Crippen LogP contribution in [0.3, 0.4) is 0 Å². The van der Waals surface area contributed by atoms with E-state index in [1.807, 2.05) is 0 Å². The number of rotatable bonds is 2. The third-order valence-corrected chi connectivity index (χ3v) is 2.55. The van der Waals surface area contributed by atoms with Crippen LogP contribution in [0, 0.1) is 0 Å². The first-order valence-corrected chi connectivity index (χ1v) is 6.43. The highest BCUT2D eigenvalue weighted by Crippen LogP contribution is 2.35. The van der Waals surface area contributed by atoms with Gasteiger partial charge in [0.15, 0.2) is 11.5 Å². The van der Waals surface area contributed by atoms with Gasteiger partial charge in [-0.3, -0.25) is 5.32 Å². The third kappa shape index (κ3) is 3.77. The molecule has 1 aliphatic rings. The molecule has 7 heteroatoms. The number of aromatic carboxylic acids is 1. The summed E-state index contributed by atoms with van der Waals surface area (Å²) < 4.78 is 15.8. The molecule has 0 radical (unpaired) electrons. The number of fused-ring (bicyclic) bond motifs is 1. The molecule has 0 bridgehead atoms. The minimum atomic E-state index is -1.18. The Balaban J connectivity index is 2.29. The van der Waals surface area contributed by atoms with Crippen LogP contribution in [0.25, 0.3) is 0 Å². The van der Waals surface area contributed by atoms with Crippen LogP contribution < -0.4 is 14.8 Å². The highest BCUT2D eigenvalue weighted by atomic mass is 16.6. The van der Waals surface area contributed by atoms with Crippen LogP contribution in [0.2, 0.25) is 0 Å². The van der Waals surface area contributed by atoms with Gasteiger partial charge < -0.3 is 19.3 Å². The molecule has 1 heterocycles. The van der Waals surface area contributed by atoms with E-state index in [1.54, 1.807) is 20.8 Å². The summed E-state index contributed by atoms with van der Waals surface area (Å²) in [6.45, 7) is 5.87. The van der Waals surface area contributed by atoms with Gasteiger partial charge in [-0.25, -0.2) is 9.59 Å². The van der Waals surface area contributed by atoms with E-state index in [4.69, 9.17) is 14.2 Å². The zero-order chi connectivity index (χ0) is 15.6. The molecule has 7 nitrogen and oxygen atoms in total. The molecule has 0 saturated heterocycles. The molecule has 1 aromatic rings. The Kier molecular flexibility index (Phi) is 3.93. The number of hydrogen-bond acceptors (Lipinski definition) is 5. The molecule has 0 aliphatic carbocycles. The van der Waals surface area contributed by atoms with E-state index in [2.05, 4.69) is 5.32 Å². The van der Waals surface area contributed by atoms with E-state index in [0.717, 1.165) is 0 Å². The van der Waals surface area contributed by atoms with Crippen molar-refractivity contribution in [3.63, 3.8) is 0 Å². The Bertz CT molecular complexity index is 576. The van der Waals surface area contributed by atoms with Crippen LogP contribution in [-0.4, -0.2) is 36.0 Å². The predicted molar refractivity (Wildman–Crippen MR) is 74.2 cm³/mol. The van der Waals surface area contributed by atoms with Crippen molar-refractivity contribution in [1.29, 1.82) is 0 Å². The fourth-order valence-corrected chi connectivity index (χ4v) is 1.78. The highest BCUT2D eigenvalue weighted by Gasteiger charge is 2.22. The number of anilines is 1. The number of ether oxygens (including phenoxy) is 3. The van der Waals surface area contributed by atoms with Gasteiger partial charge in [-0.2, -0.15) is 0 Å². The molecule has 0 saturated carbocycles. The van der Waals surface area contributed by atoms with E-state index < -0.39 is 17.7 Å². The van der Waals surface area contributed by atoms with E-state index in [0.29, 0.717) is 24.7 Å². The van der Waals surface area contributed by atoms with E-state index >= 15 is 0 Å². The molecular formula is C14H17NO6. The van der Waals surface area contributed by atoms with Gasteiger partial charge in [-0.15, -0.1) is 0 Å². The Morgan fingerprint density at radius 3 is 2.29 bits per heavy atom. The quantitative estimate of drug-likeness (QED) is 0.870. The molecule has 0 spiro atoms. The monoisotopic (exact) mass is 295 g/mol. The summed E-state index contributed by atoms with van der Waals surface area (Å²) in [6.07, 6.45) is -0.735. The topological polar surface area (TPSA) is 94.1 Å². The summed E-state index contributed by atoms with van der Waals surface area (Å²) in [6, 6.07) is 2.74. The van der Waals surface area contributed by atoms with E-state index in [9.17, 15) is 14.7 Å². The average molecular weight is 295 g/mol. The van der Waals surface area contributed by atoms with Crippen LogP contribution in [0.5, 0.6) is 11.5 Å². The maximum absolute atomic E-state index is 11.8. The molecule has 0 fully saturated rings. The van der Waals surface area contributed by atoms with Crippen molar-refractivity contribution in [3.05, 3.63) is 17.7 Å². The van der Waals surface area contributed by atoms with Crippen molar-refractivity contribution >= 4 is 17.7 Å². The number of carbonyl (C=O) groups excluding carboxylic acids is 1. The van der Waals surface area contributed by atoms with Crippen molar-refractivity contribution in [2.75, 3.05) is 18.5 Å². The number of carbonyl (C=O) groups is 2. The lowest BCUT2D eigenvalue weighted by atomic mass is 10.1. The second-order valence-corrected chi connectivity index (χ2v) is 5.47. The number of hydrogen-bond donors (Lipinski definition) is 2. The largest absolute Gasteiger partial charge is 0.486 e. The maximum Gasteiger partial charge on any atom is 0.412 e. The zero-order valence-electron chi connectivity index (χ0n) is 12.1. The lowest BCUT2D eigenvalue weighted by molar-refractivity contribution is 0.0636. The molecule has 2 N–H and O–H groups in total. The molecule has 1 amide bonds. The number of amides is 1. The Morgan fingerprint density at radius 1 is 1.19 bits per heavy atom. The molecule has 1 aromatic carbocycles. The van der Waals surface area contributed by atoms with Gasteiger partial charge in [0.1, 0.15) is 18.8 Å². The minimum absolute atomic E-state index is 0.0925. The van der Waals surface area contributed by atoms with Gasteiger partial charge in [0.2, 0.25) is 0 Å². The third-order valence-electron chi connectivity index (χ3n) is 2.55. The summed E-state index contributed by atoms with van der Waals surface area (Å²) in [5.41, 5.74) is -0.674. The second-order valence-electron chi connectivity index (χ2n) is 5.47. The summed E-state index contributed by atoms with van der Waals surface area (Å²) in [7, 11) is 0. The average Bonchev–Trinajstić information content (AvgIpc) is 2.35. The summed E-state index contributed by atoms with van der Waals surface area (Å²) in [4.78, 5) is 23.1. The molecular weight excluding hydrogens is 278 g/mol. The molecule has 21 heavy (non-hydrogen) atoms. The van der Waals surface area contributed by atoms with Crippen molar-refractivity contribution < 1.29 is 28.9 Å². The maximum atomic E-state index is 11.8. The van der Waals surface area contributed by atoms with Gasteiger partial charge in [0, 0.05) is 12.1 Å². The molecule has 1 aliphatic heterocycles. The predicted octanol–water partition coefficient (Wildman–Crippen LogP) is 2.50. The zero-order valence-corrected chi connectivity index (χ0v) is 12.1. The van der Waals surface area contributed by atoms with E-state index in [1.165, 1.54) is 12.1 Å². The number of carboxylic acid groups (broad SMARTS) is 1. The van der Waals surface area contributed by atoms with Gasteiger partial charge >= 0.3 is 12.1 Å². The van der Waals surface area contributed by atoms with Crippen molar-refractivity contribution in [1.82, 2.24) is 0 Å². The summed E-state index contributed by atoms with van der Waals surface area (Å²) >= 11 is 0. The molecule has 0 atom stereocenters. The fourth-order valence-electron chi connectivity index (χ4n) is 1.78. The minimum Gasteiger partial charge on any atom is -0.486 e. The molecule has 0 unspecified atom stereocenters. The number of carboxylic acids is 1. The lowest BCUT2D eigenvalue weighted by Crippen LogP contribution is -2.28. The van der Waals surface area contributed by atoms with Gasteiger partial charge in [-0.05, 0) is 20.8 Å². The number of benzene rings is 1. The highest BCUT2D eigenvalue weighted by molar-refractivity contribution is 5.99. The second kappa shape index (κ2) is 5.51. The van der Waals surface area contributed by atoms with Gasteiger partial charge in [-0.1, -0.05) is 0 Å². The van der Waals surface area contributed by atoms with Crippen molar-refractivity contribution in [2.45, 2.75) is 26.4 Å². The summed E-state index contributed by atoms with van der Waals surface area (Å²) in [5.74, 6) is -0.455. The SMILES string of the molecule is CC(C)(C)OC(=O)Nc1cc2c(cc1C(=O)O)OCCO2. The van der Waals surface area contributed by atoms with Crippen LogP contribution in [0.15, 0.2) is 12.1 Å². The Labute approximate surface area is 121 Å². The van der Waals surface area contributed by atoms with Crippen LogP contribution in [-0.2, 0) is 4.74 Å². The fraction of sp³-hybridized carbons (Fsp3) is 0.429. The molecule has 0 aromatic heterocycles. The summed E-state index contributed by atoms with van der Waals surface area (Å²) in [5, 5.41) is 11.6. The standard InChI is InChI=1S/C14H17NO6/c1-14(2,3)21-13(18)15-9-7-11-10(19-4-5-20-11)6-8(9)12(16)17/h6-7H,4-5H2,1-3H3,(H,15,18)(H,16,17). The number of nitrogens with one attached hydrogen (secondary N) is 1. The van der Waals surface area contributed by atoms with E-state index in [-0.39, 0.29) is 11.3 Å². The van der Waals surface area contributed by atoms with Crippen LogP contribution >= 0.6 is 0 Å². The van der Waals surface area contributed by atoms with Gasteiger partial charge in [0.25, 0.3) is 0 Å². The van der Waals surface area contributed by atoms with Crippen LogP contribution in [0.1, 0.15) is 31.1 Å². The first-order valence-electron chi connectivity index (χ1n) is 6.43.